The fraction of sp³-hybridized carbons (Fsp3) is 0.533. The first-order chi connectivity index (χ1) is 8.77. The second-order valence-corrected chi connectivity index (χ2v) is 5.21. The van der Waals surface area contributed by atoms with E-state index in [4.69, 9.17) is 5.73 Å². The third kappa shape index (κ3) is 2.91. The van der Waals surface area contributed by atoms with Crippen molar-refractivity contribution in [2.75, 3.05) is 6.54 Å². The molecular formula is C15H22N2O. The van der Waals surface area contributed by atoms with Gasteiger partial charge in [0.25, 0.3) is 0 Å². The highest BCUT2D eigenvalue weighted by molar-refractivity contribution is 5.83. The van der Waals surface area contributed by atoms with Crippen molar-refractivity contribution < 1.29 is 4.79 Å². The van der Waals surface area contributed by atoms with Crippen LogP contribution in [0.25, 0.3) is 0 Å². The van der Waals surface area contributed by atoms with Gasteiger partial charge < -0.3 is 11.1 Å². The van der Waals surface area contributed by atoms with Crippen molar-refractivity contribution in [3.05, 3.63) is 35.9 Å². The average Bonchev–Trinajstić information content (AvgIpc) is 2.46. The summed E-state index contributed by atoms with van der Waals surface area (Å²) >= 11 is 0. The molecule has 1 fully saturated rings. The number of hydrogen-bond acceptors (Lipinski definition) is 2. The third-order valence-electron chi connectivity index (χ3n) is 3.98. The first-order valence-electron chi connectivity index (χ1n) is 6.79. The maximum Gasteiger partial charge on any atom is 0.227 e. The van der Waals surface area contributed by atoms with Crippen LogP contribution in [0.1, 0.15) is 37.7 Å². The Kier molecular flexibility index (Phi) is 4.37. The number of benzene rings is 1. The van der Waals surface area contributed by atoms with Crippen LogP contribution in [0, 0.1) is 5.41 Å². The van der Waals surface area contributed by atoms with Gasteiger partial charge in [0.05, 0.1) is 5.41 Å². The van der Waals surface area contributed by atoms with Gasteiger partial charge in [0.2, 0.25) is 5.91 Å². The molecule has 1 amide bonds. The zero-order valence-corrected chi connectivity index (χ0v) is 10.8. The van der Waals surface area contributed by atoms with Crippen molar-refractivity contribution in [1.29, 1.82) is 0 Å². The van der Waals surface area contributed by atoms with Crippen LogP contribution < -0.4 is 11.1 Å². The molecule has 1 saturated carbocycles. The first-order valence-corrected chi connectivity index (χ1v) is 6.79. The van der Waals surface area contributed by atoms with Crippen LogP contribution in [-0.2, 0) is 11.3 Å². The van der Waals surface area contributed by atoms with Gasteiger partial charge >= 0.3 is 0 Å². The number of nitrogens with one attached hydrogen (secondary N) is 1. The lowest BCUT2D eigenvalue weighted by Crippen LogP contribution is -2.46. The zero-order valence-electron chi connectivity index (χ0n) is 10.8. The van der Waals surface area contributed by atoms with Crippen molar-refractivity contribution >= 4 is 5.91 Å². The molecule has 0 unspecified atom stereocenters. The number of carbonyl (C=O) groups is 1. The highest BCUT2D eigenvalue weighted by atomic mass is 16.2. The molecule has 3 heteroatoms. The van der Waals surface area contributed by atoms with Gasteiger partial charge in [-0.2, -0.15) is 0 Å². The number of rotatable bonds is 4. The normalized spacial score (nSPS) is 18.3. The second-order valence-electron chi connectivity index (χ2n) is 5.21. The Morgan fingerprint density at radius 3 is 2.44 bits per heavy atom. The highest BCUT2D eigenvalue weighted by Gasteiger charge is 2.37. The van der Waals surface area contributed by atoms with Gasteiger partial charge in [-0.3, -0.25) is 4.79 Å². The molecule has 2 rings (SSSR count). The van der Waals surface area contributed by atoms with E-state index in [2.05, 4.69) is 5.32 Å². The van der Waals surface area contributed by atoms with Crippen LogP contribution >= 0.6 is 0 Å². The number of hydrogen-bond donors (Lipinski definition) is 2. The average molecular weight is 246 g/mol. The third-order valence-corrected chi connectivity index (χ3v) is 3.98. The van der Waals surface area contributed by atoms with Gasteiger partial charge in [-0.1, -0.05) is 49.6 Å². The molecule has 1 aliphatic carbocycles. The van der Waals surface area contributed by atoms with Crippen LogP contribution in [0.5, 0.6) is 0 Å². The fourth-order valence-corrected chi connectivity index (χ4v) is 2.72. The lowest BCUT2D eigenvalue weighted by atomic mass is 9.73. The van der Waals surface area contributed by atoms with E-state index in [0.717, 1.165) is 31.2 Å². The lowest BCUT2D eigenvalue weighted by molar-refractivity contribution is -0.132. The van der Waals surface area contributed by atoms with E-state index >= 15 is 0 Å². The Morgan fingerprint density at radius 1 is 1.17 bits per heavy atom. The molecule has 0 spiro atoms. The smallest absolute Gasteiger partial charge is 0.227 e. The van der Waals surface area contributed by atoms with Gasteiger partial charge in [0.1, 0.15) is 0 Å². The lowest BCUT2D eigenvalue weighted by Gasteiger charge is -2.34. The Labute approximate surface area is 109 Å². The highest BCUT2D eigenvalue weighted by Crippen LogP contribution is 2.35. The zero-order chi connectivity index (χ0) is 12.8. The van der Waals surface area contributed by atoms with Crippen LogP contribution in [0.3, 0.4) is 0 Å². The van der Waals surface area contributed by atoms with Crippen LogP contribution in [-0.4, -0.2) is 12.5 Å². The Hall–Kier alpha value is -1.35. The first kappa shape index (κ1) is 13.1. The van der Waals surface area contributed by atoms with Crippen molar-refractivity contribution in [2.24, 2.45) is 11.1 Å². The van der Waals surface area contributed by atoms with Crippen molar-refractivity contribution in [3.63, 3.8) is 0 Å². The topological polar surface area (TPSA) is 55.1 Å². The predicted octanol–water partition coefficient (Wildman–Crippen LogP) is 2.21. The van der Waals surface area contributed by atoms with E-state index in [9.17, 15) is 4.79 Å². The quantitative estimate of drug-likeness (QED) is 0.856. The molecule has 0 aromatic heterocycles. The van der Waals surface area contributed by atoms with Crippen molar-refractivity contribution in [2.45, 2.75) is 38.6 Å². The summed E-state index contributed by atoms with van der Waals surface area (Å²) in [4.78, 5) is 12.3. The van der Waals surface area contributed by atoms with Gasteiger partial charge in [0, 0.05) is 13.1 Å². The molecule has 3 N–H and O–H groups in total. The van der Waals surface area contributed by atoms with Crippen LogP contribution in [0.15, 0.2) is 30.3 Å². The molecule has 0 heterocycles. The Bertz CT molecular complexity index is 383. The molecule has 1 aromatic carbocycles. The van der Waals surface area contributed by atoms with Gasteiger partial charge in [-0.05, 0) is 18.4 Å². The summed E-state index contributed by atoms with van der Waals surface area (Å²) in [6, 6.07) is 10.0. The summed E-state index contributed by atoms with van der Waals surface area (Å²) in [5, 5.41) is 3.04. The maximum atomic E-state index is 12.3. The minimum Gasteiger partial charge on any atom is -0.352 e. The van der Waals surface area contributed by atoms with Gasteiger partial charge in [0.15, 0.2) is 0 Å². The van der Waals surface area contributed by atoms with Gasteiger partial charge in [-0.25, -0.2) is 0 Å². The number of carbonyl (C=O) groups excluding carboxylic acids is 1. The van der Waals surface area contributed by atoms with E-state index < -0.39 is 0 Å². The number of nitrogens with two attached hydrogens (primary N) is 1. The summed E-state index contributed by atoms with van der Waals surface area (Å²) in [5.41, 5.74) is 6.67. The summed E-state index contributed by atoms with van der Waals surface area (Å²) in [7, 11) is 0. The van der Waals surface area contributed by atoms with E-state index in [1.165, 1.54) is 6.42 Å². The van der Waals surface area contributed by atoms with Crippen molar-refractivity contribution in [1.82, 2.24) is 5.32 Å². The molecule has 0 saturated heterocycles. The van der Waals surface area contributed by atoms with Crippen molar-refractivity contribution in [3.8, 4) is 0 Å². The number of amides is 1. The van der Waals surface area contributed by atoms with Crippen LogP contribution in [0.4, 0.5) is 0 Å². The van der Waals surface area contributed by atoms with E-state index in [1.54, 1.807) is 0 Å². The monoisotopic (exact) mass is 246 g/mol. The Morgan fingerprint density at radius 2 is 1.83 bits per heavy atom. The van der Waals surface area contributed by atoms with E-state index in [-0.39, 0.29) is 11.3 Å². The molecule has 18 heavy (non-hydrogen) atoms. The molecule has 98 valence electrons. The SMILES string of the molecule is NCC1(C(=O)NCc2ccccc2)CCCCC1. The maximum absolute atomic E-state index is 12.3. The summed E-state index contributed by atoms with van der Waals surface area (Å²) in [6.07, 6.45) is 5.34. The molecular weight excluding hydrogens is 224 g/mol. The summed E-state index contributed by atoms with van der Waals surface area (Å²) < 4.78 is 0. The largest absolute Gasteiger partial charge is 0.352 e. The molecule has 0 atom stereocenters. The minimum atomic E-state index is -0.312. The molecule has 1 aliphatic rings. The molecule has 0 radical (unpaired) electrons. The molecule has 1 aromatic rings. The fourth-order valence-electron chi connectivity index (χ4n) is 2.72. The minimum absolute atomic E-state index is 0.133. The van der Waals surface area contributed by atoms with Crippen LogP contribution in [0.2, 0.25) is 0 Å². The second kappa shape index (κ2) is 6.01. The Balaban J connectivity index is 1.94. The summed E-state index contributed by atoms with van der Waals surface area (Å²) in [5.74, 6) is 0.133. The molecule has 0 bridgehead atoms. The van der Waals surface area contributed by atoms with E-state index in [0.29, 0.717) is 13.1 Å². The molecule has 0 aliphatic heterocycles. The molecule has 3 nitrogen and oxygen atoms in total. The summed E-state index contributed by atoms with van der Waals surface area (Å²) in [6.45, 7) is 1.06. The standard InChI is InChI=1S/C15H22N2O/c16-12-15(9-5-2-6-10-15)14(18)17-11-13-7-3-1-4-8-13/h1,3-4,7-8H,2,5-6,9-12,16H2,(H,17,18). The van der Waals surface area contributed by atoms with E-state index in [1.807, 2.05) is 30.3 Å². The van der Waals surface area contributed by atoms with Gasteiger partial charge in [-0.15, -0.1) is 0 Å². The predicted molar refractivity (Wildman–Crippen MR) is 72.9 cm³/mol.